The molecular weight excluding hydrogens is 432 g/mol. The van der Waals surface area contributed by atoms with E-state index in [1.165, 1.54) is 0 Å². The van der Waals surface area contributed by atoms with E-state index in [2.05, 4.69) is 10.3 Å². The van der Waals surface area contributed by atoms with E-state index >= 15 is 0 Å². The van der Waals surface area contributed by atoms with E-state index in [9.17, 15) is 4.79 Å². The summed E-state index contributed by atoms with van der Waals surface area (Å²) in [5.41, 5.74) is 2.19. The molecule has 0 aliphatic rings. The smallest absolute Gasteiger partial charge is 0.256 e. The van der Waals surface area contributed by atoms with Crippen LogP contribution in [0.25, 0.3) is 11.4 Å². The number of nitrogens with zero attached hydrogens (tertiary/aromatic N) is 3. The third kappa shape index (κ3) is 5.75. The van der Waals surface area contributed by atoms with Crippen molar-refractivity contribution in [2.75, 3.05) is 39.8 Å². The third-order valence-electron chi connectivity index (χ3n) is 5.23. The largest absolute Gasteiger partial charge is 0.493 e. The molecule has 1 amide bonds. The topological polar surface area (TPSA) is 85.8 Å². The van der Waals surface area contributed by atoms with Crippen LogP contribution < -0.4 is 24.4 Å². The maximum Gasteiger partial charge on any atom is 0.256 e. The lowest BCUT2D eigenvalue weighted by molar-refractivity contribution is 0.0949. The number of methoxy groups -OCH3 is 3. The number of anilines is 1. The minimum Gasteiger partial charge on any atom is -0.493 e. The number of benzene rings is 2. The number of nitrogens with one attached hydrogen (secondary N) is 1. The van der Waals surface area contributed by atoms with Crippen LogP contribution in [0, 0.1) is 5.92 Å². The highest BCUT2D eigenvalue weighted by Gasteiger charge is 2.21. The van der Waals surface area contributed by atoms with Gasteiger partial charge in [-0.3, -0.25) is 4.79 Å². The van der Waals surface area contributed by atoms with E-state index < -0.39 is 0 Å². The maximum atomic E-state index is 13.0. The Morgan fingerprint density at radius 3 is 2.24 bits per heavy atom. The van der Waals surface area contributed by atoms with Gasteiger partial charge in [0.25, 0.3) is 5.91 Å². The quantitative estimate of drug-likeness (QED) is 0.481. The summed E-state index contributed by atoms with van der Waals surface area (Å²) in [5, 5.41) is 2.97. The molecule has 0 atom stereocenters. The molecule has 8 heteroatoms. The van der Waals surface area contributed by atoms with Gasteiger partial charge in [-0.2, -0.15) is 0 Å². The summed E-state index contributed by atoms with van der Waals surface area (Å²) >= 11 is 0. The molecule has 2 aromatic carbocycles. The number of carbonyl (C=O) groups is 1. The van der Waals surface area contributed by atoms with E-state index in [4.69, 9.17) is 19.2 Å². The molecule has 34 heavy (non-hydrogen) atoms. The van der Waals surface area contributed by atoms with Crippen LogP contribution in [0.5, 0.6) is 17.2 Å². The van der Waals surface area contributed by atoms with Crippen molar-refractivity contribution in [1.82, 2.24) is 15.3 Å². The molecule has 0 radical (unpaired) electrons. The zero-order valence-electron chi connectivity index (χ0n) is 20.6. The predicted octanol–water partition coefficient (Wildman–Crippen LogP) is 4.19. The maximum absolute atomic E-state index is 13.0. The Bertz CT molecular complexity index is 1090. The molecule has 0 bridgehead atoms. The lowest BCUT2D eigenvalue weighted by Crippen LogP contribution is -2.30. The van der Waals surface area contributed by atoms with Gasteiger partial charge in [-0.1, -0.05) is 44.2 Å². The van der Waals surface area contributed by atoms with Crippen molar-refractivity contribution in [2.24, 2.45) is 5.92 Å². The lowest BCUT2D eigenvalue weighted by Gasteiger charge is -2.22. The SMILES string of the molecule is COc1cc(-c2ncc(C(=O)NCC(C)C)c(N(C)Cc3ccccc3)n2)cc(OC)c1OC. The Kier molecular flexibility index (Phi) is 8.29. The molecule has 3 rings (SSSR count). The van der Waals surface area contributed by atoms with Crippen molar-refractivity contribution in [2.45, 2.75) is 20.4 Å². The second kappa shape index (κ2) is 11.4. The van der Waals surface area contributed by atoms with Crippen molar-refractivity contribution in [3.05, 3.63) is 59.8 Å². The number of rotatable bonds is 10. The minimum atomic E-state index is -0.208. The predicted molar refractivity (Wildman–Crippen MR) is 133 cm³/mol. The van der Waals surface area contributed by atoms with Gasteiger partial charge in [0, 0.05) is 31.9 Å². The number of ether oxygens (including phenoxy) is 3. The van der Waals surface area contributed by atoms with Crippen LogP contribution >= 0.6 is 0 Å². The fraction of sp³-hybridized carbons (Fsp3) is 0.346. The van der Waals surface area contributed by atoms with Gasteiger partial charge in [-0.15, -0.1) is 0 Å². The van der Waals surface area contributed by atoms with E-state index in [0.29, 0.717) is 59.0 Å². The van der Waals surface area contributed by atoms with Crippen molar-refractivity contribution >= 4 is 11.7 Å². The summed E-state index contributed by atoms with van der Waals surface area (Å²) in [4.78, 5) is 24.2. The van der Waals surface area contributed by atoms with Crippen LogP contribution in [0.2, 0.25) is 0 Å². The molecule has 8 nitrogen and oxygen atoms in total. The van der Waals surface area contributed by atoms with Gasteiger partial charge < -0.3 is 24.4 Å². The van der Waals surface area contributed by atoms with Gasteiger partial charge in [0.05, 0.1) is 21.3 Å². The standard InChI is InChI=1S/C26H32N4O4/c1-17(2)14-28-26(31)20-15-27-24(19-12-21(32-4)23(34-6)22(13-19)33-5)29-25(20)30(3)16-18-10-8-7-9-11-18/h7-13,15,17H,14,16H2,1-6H3,(H,28,31). The van der Waals surface area contributed by atoms with Crippen LogP contribution in [0.15, 0.2) is 48.7 Å². The minimum absolute atomic E-state index is 0.208. The van der Waals surface area contributed by atoms with Gasteiger partial charge in [-0.05, 0) is 23.6 Å². The fourth-order valence-electron chi connectivity index (χ4n) is 3.50. The number of hydrogen-bond acceptors (Lipinski definition) is 7. The Balaban J connectivity index is 2.07. The highest BCUT2D eigenvalue weighted by atomic mass is 16.5. The van der Waals surface area contributed by atoms with E-state index in [1.807, 2.05) is 56.1 Å². The first kappa shape index (κ1) is 24.8. The highest BCUT2D eigenvalue weighted by molar-refractivity contribution is 5.98. The average Bonchev–Trinajstić information content (AvgIpc) is 2.86. The molecule has 0 aliphatic heterocycles. The molecule has 3 aromatic rings. The monoisotopic (exact) mass is 464 g/mol. The van der Waals surface area contributed by atoms with Gasteiger partial charge in [0.2, 0.25) is 5.75 Å². The van der Waals surface area contributed by atoms with Crippen LogP contribution in [0.4, 0.5) is 5.82 Å². The summed E-state index contributed by atoms with van der Waals surface area (Å²) in [5.74, 6) is 2.57. The van der Waals surface area contributed by atoms with E-state index in [-0.39, 0.29) is 5.91 Å². The summed E-state index contributed by atoms with van der Waals surface area (Å²) in [6.07, 6.45) is 1.57. The molecule has 0 spiro atoms. The Morgan fingerprint density at radius 2 is 1.68 bits per heavy atom. The molecule has 180 valence electrons. The normalized spacial score (nSPS) is 10.7. The van der Waals surface area contributed by atoms with Crippen molar-refractivity contribution < 1.29 is 19.0 Å². The molecule has 0 unspecified atom stereocenters. The zero-order valence-corrected chi connectivity index (χ0v) is 20.6. The second-order valence-corrected chi connectivity index (χ2v) is 8.29. The zero-order chi connectivity index (χ0) is 24.7. The molecule has 0 saturated heterocycles. The number of amides is 1. The summed E-state index contributed by atoms with van der Waals surface area (Å²) < 4.78 is 16.4. The van der Waals surface area contributed by atoms with Crippen LogP contribution in [-0.2, 0) is 6.54 Å². The number of hydrogen-bond donors (Lipinski definition) is 1. The first-order valence-corrected chi connectivity index (χ1v) is 11.1. The Morgan fingerprint density at radius 1 is 1.03 bits per heavy atom. The van der Waals surface area contributed by atoms with Crippen molar-refractivity contribution in [3.8, 4) is 28.6 Å². The highest BCUT2D eigenvalue weighted by Crippen LogP contribution is 2.40. The molecule has 1 aromatic heterocycles. The second-order valence-electron chi connectivity index (χ2n) is 8.29. The van der Waals surface area contributed by atoms with Crippen molar-refractivity contribution in [3.63, 3.8) is 0 Å². The Hall–Kier alpha value is -3.81. The third-order valence-corrected chi connectivity index (χ3v) is 5.23. The Labute approximate surface area is 200 Å². The van der Waals surface area contributed by atoms with Gasteiger partial charge in [0.15, 0.2) is 17.3 Å². The van der Waals surface area contributed by atoms with Gasteiger partial charge >= 0.3 is 0 Å². The lowest BCUT2D eigenvalue weighted by atomic mass is 10.1. The van der Waals surface area contributed by atoms with Gasteiger partial charge in [0.1, 0.15) is 11.4 Å². The first-order chi connectivity index (χ1) is 16.4. The number of aromatic nitrogens is 2. The van der Waals surface area contributed by atoms with Crippen molar-refractivity contribution in [1.29, 1.82) is 0 Å². The van der Waals surface area contributed by atoms with Crippen LogP contribution in [0.3, 0.4) is 0 Å². The van der Waals surface area contributed by atoms with Gasteiger partial charge in [-0.25, -0.2) is 9.97 Å². The molecule has 1 heterocycles. The summed E-state index contributed by atoms with van der Waals surface area (Å²) in [6.45, 7) is 5.24. The average molecular weight is 465 g/mol. The number of carbonyl (C=O) groups excluding carboxylic acids is 1. The first-order valence-electron chi connectivity index (χ1n) is 11.1. The van der Waals surface area contributed by atoms with Crippen LogP contribution in [-0.4, -0.2) is 50.8 Å². The van der Waals surface area contributed by atoms with E-state index in [1.54, 1.807) is 39.7 Å². The summed E-state index contributed by atoms with van der Waals surface area (Å²) in [6, 6.07) is 13.6. The molecular formula is C26H32N4O4. The van der Waals surface area contributed by atoms with Crippen LogP contribution in [0.1, 0.15) is 29.8 Å². The molecule has 1 N–H and O–H groups in total. The molecule has 0 saturated carbocycles. The molecule has 0 aliphatic carbocycles. The fourth-order valence-corrected chi connectivity index (χ4v) is 3.50. The summed E-state index contributed by atoms with van der Waals surface area (Å²) in [7, 11) is 6.58. The molecule has 0 fully saturated rings. The van der Waals surface area contributed by atoms with E-state index in [0.717, 1.165) is 5.56 Å².